The van der Waals surface area contributed by atoms with Crippen molar-refractivity contribution in [2.45, 2.75) is 33.0 Å². The molecule has 2 aromatic heterocycles. The van der Waals surface area contributed by atoms with Gasteiger partial charge in [-0.2, -0.15) is 10.2 Å². The van der Waals surface area contributed by atoms with Crippen LogP contribution in [-0.4, -0.2) is 36.9 Å². The van der Waals surface area contributed by atoms with Gasteiger partial charge in [0.15, 0.2) is 0 Å². The minimum Gasteiger partial charge on any atom is -0.390 e. The highest BCUT2D eigenvalue weighted by molar-refractivity contribution is 6.31. The number of aliphatic hydroxyl groups excluding tert-OH is 1. The van der Waals surface area contributed by atoms with Crippen LogP contribution >= 0.6 is 11.6 Å². The summed E-state index contributed by atoms with van der Waals surface area (Å²) in [5, 5.41) is 24.2. The first-order valence-electron chi connectivity index (χ1n) is 6.26. The maximum absolute atomic E-state index is 9.27. The van der Waals surface area contributed by atoms with Gasteiger partial charge >= 0.3 is 0 Å². The summed E-state index contributed by atoms with van der Waals surface area (Å²) >= 11 is 6.19. The number of aliphatic hydroxyl groups is 1. The summed E-state index contributed by atoms with van der Waals surface area (Å²) in [4.78, 5) is 2.26. The molecule has 1 aliphatic rings. The summed E-state index contributed by atoms with van der Waals surface area (Å²) in [5.41, 5.74) is 4.75. The number of nitrogens with zero attached hydrogens (tertiary/aromatic N) is 3. The van der Waals surface area contributed by atoms with Crippen LogP contribution in [0.2, 0.25) is 5.02 Å². The highest BCUT2D eigenvalue weighted by Gasteiger charge is 2.23. The van der Waals surface area contributed by atoms with E-state index < -0.39 is 0 Å². The van der Waals surface area contributed by atoms with E-state index in [-0.39, 0.29) is 6.61 Å². The lowest BCUT2D eigenvalue weighted by Crippen LogP contribution is -2.30. The van der Waals surface area contributed by atoms with Gasteiger partial charge in [-0.05, 0) is 6.92 Å². The Labute approximate surface area is 115 Å². The highest BCUT2D eigenvalue weighted by Crippen LogP contribution is 2.24. The first-order valence-corrected chi connectivity index (χ1v) is 6.64. The molecule has 7 heteroatoms. The molecule has 3 N–H and O–H groups in total. The molecule has 3 rings (SSSR count). The summed E-state index contributed by atoms with van der Waals surface area (Å²) < 4.78 is 0. The van der Waals surface area contributed by atoms with Crippen molar-refractivity contribution in [1.29, 1.82) is 0 Å². The number of H-pyrrole nitrogens is 2. The first kappa shape index (κ1) is 12.7. The Balaban J connectivity index is 1.76. The molecule has 2 aromatic rings. The van der Waals surface area contributed by atoms with E-state index in [4.69, 9.17) is 11.6 Å². The molecule has 0 bridgehead atoms. The van der Waals surface area contributed by atoms with Crippen molar-refractivity contribution < 1.29 is 5.11 Å². The van der Waals surface area contributed by atoms with E-state index in [0.29, 0.717) is 11.6 Å². The van der Waals surface area contributed by atoms with Gasteiger partial charge in [0.1, 0.15) is 0 Å². The van der Waals surface area contributed by atoms with E-state index in [1.807, 2.05) is 6.92 Å². The number of hydrogen-bond acceptors (Lipinski definition) is 4. The normalized spacial score (nSPS) is 15.7. The third kappa shape index (κ3) is 2.27. The van der Waals surface area contributed by atoms with Crippen molar-refractivity contribution >= 4 is 11.6 Å². The van der Waals surface area contributed by atoms with Crippen molar-refractivity contribution in [2.24, 2.45) is 0 Å². The quantitative estimate of drug-likeness (QED) is 0.788. The van der Waals surface area contributed by atoms with Gasteiger partial charge in [0, 0.05) is 37.3 Å². The predicted octanol–water partition coefficient (Wildman–Crippen LogP) is 1.15. The van der Waals surface area contributed by atoms with Crippen molar-refractivity contribution in [2.75, 3.05) is 6.54 Å². The molecule has 19 heavy (non-hydrogen) atoms. The summed E-state index contributed by atoms with van der Waals surface area (Å²) in [5.74, 6) is 0. The average molecular weight is 282 g/mol. The van der Waals surface area contributed by atoms with E-state index in [1.54, 1.807) is 0 Å². The molecule has 102 valence electrons. The number of nitrogens with one attached hydrogen (secondary N) is 2. The zero-order valence-corrected chi connectivity index (χ0v) is 11.5. The Morgan fingerprint density at radius 1 is 1.32 bits per heavy atom. The number of aromatic nitrogens is 4. The first-order chi connectivity index (χ1) is 9.19. The fraction of sp³-hybridized carbons (Fsp3) is 0.500. The maximum Gasteiger partial charge on any atom is 0.0951 e. The smallest absolute Gasteiger partial charge is 0.0951 e. The monoisotopic (exact) mass is 281 g/mol. The third-order valence-electron chi connectivity index (χ3n) is 3.56. The van der Waals surface area contributed by atoms with E-state index >= 15 is 0 Å². The van der Waals surface area contributed by atoms with Gasteiger partial charge in [0.25, 0.3) is 0 Å². The van der Waals surface area contributed by atoms with Crippen LogP contribution in [0.1, 0.15) is 28.3 Å². The van der Waals surface area contributed by atoms with E-state index in [9.17, 15) is 5.11 Å². The van der Waals surface area contributed by atoms with Crippen LogP contribution in [0.25, 0.3) is 0 Å². The Morgan fingerprint density at radius 3 is 2.79 bits per heavy atom. The maximum atomic E-state index is 9.27. The average Bonchev–Trinajstić information content (AvgIpc) is 2.96. The van der Waals surface area contributed by atoms with Crippen LogP contribution < -0.4 is 0 Å². The Kier molecular flexibility index (Phi) is 3.30. The van der Waals surface area contributed by atoms with Gasteiger partial charge in [-0.1, -0.05) is 11.6 Å². The number of rotatable bonds is 3. The molecule has 0 saturated heterocycles. The standard InChI is InChI=1S/C12H16ClN5O/c1-7-12(13)10(16-14-7)5-18-3-2-9-8(4-18)11(6-19)17-15-9/h19H,2-6H2,1H3,(H,14,16)(H,15,17). The Hall–Kier alpha value is -1.37. The van der Waals surface area contributed by atoms with Crippen molar-refractivity contribution in [3.05, 3.63) is 33.4 Å². The molecule has 0 aromatic carbocycles. The molecule has 0 spiro atoms. The van der Waals surface area contributed by atoms with Crippen molar-refractivity contribution in [1.82, 2.24) is 25.3 Å². The Bertz CT molecular complexity index is 577. The second kappa shape index (κ2) is 4.96. The Morgan fingerprint density at radius 2 is 2.11 bits per heavy atom. The SMILES string of the molecule is Cc1[nH]nc(CN2CCc3[nH]nc(CO)c3C2)c1Cl. The van der Waals surface area contributed by atoms with Gasteiger partial charge in [-0.3, -0.25) is 15.1 Å². The van der Waals surface area contributed by atoms with Crippen molar-refractivity contribution in [3.63, 3.8) is 0 Å². The molecule has 0 atom stereocenters. The molecule has 0 amide bonds. The van der Waals surface area contributed by atoms with Crippen molar-refractivity contribution in [3.8, 4) is 0 Å². The largest absolute Gasteiger partial charge is 0.390 e. The van der Waals surface area contributed by atoms with Gasteiger partial charge in [0.05, 0.1) is 28.7 Å². The van der Waals surface area contributed by atoms with Crippen LogP contribution in [0.5, 0.6) is 0 Å². The topological polar surface area (TPSA) is 80.8 Å². The molecule has 0 aliphatic carbocycles. The van der Waals surface area contributed by atoms with Crippen LogP contribution in [0, 0.1) is 6.92 Å². The van der Waals surface area contributed by atoms with Crippen LogP contribution in [0.4, 0.5) is 0 Å². The number of aromatic amines is 2. The lowest BCUT2D eigenvalue weighted by molar-refractivity contribution is 0.234. The number of halogens is 1. The predicted molar refractivity (Wildman–Crippen MR) is 70.7 cm³/mol. The molecular weight excluding hydrogens is 266 g/mol. The molecule has 1 aliphatic heterocycles. The summed E-state index contributed by atoms with van der Waals surface area (Å²) in [7, 11) is 0. The van der Waals surface area contributed by atoms with Crippen LogP contribution in [0.15, 0.2) is 0 Å². The molecule has 6 nitrogen and oxygen atoms in total. The highest BCUT2D eigenvalue weighted by atomic mass is 35.5. The number of fused-ring (bicyclic) bond motifs is 1. The van der Waals surface area contributed by atoms with Gasteiger partial charge in [-0.15, -0.1) is 0 Å². The lowest BCUT2D eigenvalue weighted by atomic mass is 10.1. The van der Waals surface area contributed by atoms with Crippen LogP contribution in [0.3, 0.4) is 0 Å². The lowest BCUT2D eigenvalue weighted by Gasteiger charge is -2.26. The summed E-state index contributed by atoms with van der Waals surface area (Å²) in [6, 6.07) is 0. The zero-order valence-electron chi connectivity index (χ0n) is 10.7. The second-order valence-electron chi connectivity index (χ2n) is 4.86. The molecule has 0 saturated carbocycles. The molecule has 0 radical (unpaired) electrons. The molecule has 0 unspecified atom stereocenters. The van der Waals surface area contributed by atoms with Crippen LogP contribution in [-0.2, 0) is 26.1 Å². The minimum absolute atomic E-state index is 0.0259. The van der Waals surface area contributed by atoms with E-state index in [0.717, 1.165) is 47.8 Å². The van der Waals surface area contributed by atoms with Gasteiger partial charge in [0.2, 0.25) is 0 Å². The number of aryl methyl sites for hydroxylation is 1. The summed E-state index contributed by atoms with van der Waals surface area (Å²) in [6.45, 7) is 4.29. The molecular formula is C12H16ClN5O. The van der Waals surface area contributed by atoms with E-state index in [1.165, 1.54) is 0 Å². The number of hydrogen-bond donors (Lipinski definition) is 3. The second-order valence-corrected chi connectivity index (χ2v) is 5.23. The fourth-order valence-electron chi connectivity index (χ4n) is 2.46. The van der Waals surface area contributed by atoms with E-state index in [2.05, 4.69) is 25.3 Å². The molecule has 0 fully saturated rings. The minimum atomic E-state index is -0.0259. The van der Waals surface area contributed by atoms with Gasteiger partial charge in [-0.25, -0.2) is 0 Å². The molecule has 3 heterocycles. The zero-order chi connectivity index (χ0) is 13.4. The van der Waals surface area contributed by atoms with Gasteiger partial charge < -0.3 is 5.11 Å². The third-order valence-corrected chi connectivity index (χ3v) is 4.06. The summed E-state index contributed by atoms with van der Waals surface area (Å²) in [6.07, 6.45) is 0.906. The fourth-order valence-corrected chi connectivity index (χ4v) is 2.60.